The molecule has 1 aliphatic heterocycles. The molecule has 3 heteroatoms. The van der Waals surface area contributed by atoms with Crippen LogP contribution in [-0.2, 0) is 6.42 Å². The van der Waals surface area contributed by atoms with Crippen LogP contribution in [0.2, 0.25) is 0 Å². The highest BCUT2D eigenvalue weighted by molar-refractivity contribution is 5.80. The zero-order valence-electron chi connectivity index (χ0n) is 9.73. The zero-order valence-corrected chi connectivity index (χ0v) is 9.73. The van der Waals surface area contributed by atoms with Gasteiger partial charge in [-0.05, 0) is 19.1 Å². The number of benzene rings is 1. The number of fused-ring (bicyclic) bond motifs is 3. The highest BCUT2D eigenvalue weighted by atomic mass is 16.3. The third-order valence-corrected chi connectivity index (χ3v) is 3.16. The standard InChI is InChI=1S/C14H15NO2/c1-9-6-12-11-4-2-3-5-13(11)15-10(8-16)7-14(12)17-9/h2-6,10,15-16H,7-8H2,1H3. The predicted octanol–water partition coefficient (Wildman–Crippen LogP) is 2.58. The summed E-state index contributed by atoms with van der Waals surface area (Å²) in [7, 11) is 0. The van der Waals surface area contributed by atoms with Crippen molar-refractivity contribution in [3.63, 3.8) is 0 Å². The molecule has 1 aromatic carbocycles. The van der Waals surface area contributed by atoms with E-state index in [1.807, 2.05) is 25.1 Å². The Labute approximate surface area is 100 Å². The Morgan fingerprint density at radius 3 is 3.00 bits per heavy atom. The van der Waals surface area contributed by atoms with Gasteiger partial charge in [-0.3, -0.25) is 0 Å². The van der Waals surface area contributed by atoms with Crippen molar-refractivity contribution in [2.75, 3.05) is 11.9 Å². The minimum Gasteiger partial charge on any atom is -0.466 e. The van der Waals surface area contributed by atoms with Crippen LogP contribution in [0.15, 0.2) is 34.7 Å². The third kappa shape index (κ3) is 1.72. The minimum atomic E-state index is 0.0166. The van der Waals surface area contributed by atoms with Crippen molar-refractivity contribution in [1.82, 2.24) is 0 Å². The number of hydrogen-bond acceptors (Lipinski definition) is 3. The lowest BCUT2D eigenvalue weighted by Crippen LogP contribution is -2.25. The number of rotatable bonds is 1. The van der Waals surface area contributed by atoms with Crippen molar-refractivity contribution >= 4 is 5.69 Å². The fourth-order valence-electron chi connectivity index (χ4n) is 2.39. The summed E-state index contributed by atoms with van der Waals surface area (Å²) >= 11 is 0. The van der Waals surface area contributed by atoms with Gasteiger partial charge in [0.25, 0.3) is 0 Å². The predicted molar refractivity (Wildman–Crippen MR) is 67.1 cm³/mol. The third-order valence-electron chi connectivity index (χ3n) is 3.16. The summed E-state index contributed by atoms with van der Waals surface area (Å²) in [5.41, 5.74) is 3.35. The molecule has 3 nitrogen and oxygen atoms in total. The van der Waals surface area contributed by atoms with Gasteiger partial charge < -0.3 is 14.8 Å². The SMILES string of the molecule is Cc1cc2c(o1)CC(CO)Nc1ccccc1-2. The summed E-state index contributed by atoms with van der Waals surface area (Å²) in [5.74, 6) is 1.88. The van der Waals surface area contributed by atoms with E-state index >= 15 is 0 Å². The minimum absolute atomic E-state index is 0.0166. The average molecular weight is 229 g/mol. The van der Waals surface area contributed by atoms with Crippen LogP contribution in [0, 0.1) is 6.92 Å². The Morgan fingerprint density at radius 2 is 2.18 bits per heavy atom. The number of para-hydroxylation sites is 1. The van der Waals surface area contributed by atoms with Crippen molar-refractivity contribution in [2.45, 2.75) is 19.4 Å². The van der Waals surface area contributed by atoms with Crippen molar-refractivity contribution in [3.8, 4) is 11.1 Å². The van der Waals surface area contributed by atoms with Crippen molar-refractivity contribution < 1.29 is 9.52 Å². The van der Waals surface area contributed by atoms with E-state index in [1.54, 1.807) is 0 Å². The van der Waals surface area contributed by atoms with Gasteiger partial charge in [0.2, 0.25) is 0 Å². The van der Waals surface area contributed by atoms with Gasteiger partial charge in [0.15, 0.2) is 0 Å². The first-order valence-electron chi connectivity index (χ1n) is 5.84. The second kappa shape index (κ2) is 3.93. The number of hydrogen-bond donors (Lipinski definition) is 2. The molecule has 0 bridgehead atoms. The van der Waals surface area contributed by atoms with Crippen molar-refractivity contribution in [2.24, 2.45) is 0 Å². The van der Waals surface area contributed by atoms with Crippen LogP contribution < -0.4 is 5.32 Å². The summed E-state index contributed by atoms with van der Waals surface area (Å²) in [6, 6.07) is 10.2. The van der Waals surface area contributed by atoms with Gasteiger partial charge in [-0.25, -0.2) is 0 Å². The summed E-state index contributed by atoms with van der Waals surface area (Å²) < 4.78 is 5.72. The lowest BCUT2D eigenvalue weighted by atomic mass is 10.0. The maximum Gasteiger partial charge on any atom is 0.114 e. The zero-order chi connectivity index (χ0) is 11.8. The van der Waals surface area contributed by atoms with Crippen molar-refractivity contribution in [3.05, 3.63) is 41.9 Å². The molecule has 0 amide bonds. The summed E-state index contributed by atoms with van der Waals surface area (Å²) in [5, 5.41) is 12.7. The van der Waals surface area contributed by atoms with E-state index in [2.05, 4.69) is 17.4 Å². The van der Waals surface area contributed by atoms with E-state index in [4.69, 9.17) is 4.42 Å². The molecule has 0 radical (unpaired) electrons. The molecule has 1 atom stereocenters. The molecule has 0 fully saturated rings. The number of furan rings is 1. The number of aliphatic hydroxyl groups excluding tert-OH is 1. The molecule has 2 heterocycles. The van der Waals surface area contributed by atoms with Crippen LogP contribution in [-0.4, -0.2) is 17.8 Å². The molecule has 2 aromatic rings. The first kappa shape index (κ1) is 10.4. The molecule has 0 aliphatic carbocycles. The largest absolute Gasteiger partial charge is 0.466 e. The maximum atomic E-state index is 9.37. The number of anilines is 1. The Morgan fingerprint density at radius 1 is 1.35 bits per heavy atom. The van der Waals surface area contributed by atoms with Gasteiger partial charge in [0.1, 0.15) is 11.5 Å². The molecule has 0 saturated heterocycles. The first-order chi connectivity index (χ1) is 8.28. The molecule has 0 saturated carbocycles. The molecule has 2 N–H and O–H groups in total. The highest BCUT2D eigenvalue weighted by Gasteiger charge is 2.22. The lowest BCUT2D eigenvalue weighted by molar-refractivity contribution is 0.269. The Kier molecular flexibility index (Phi) is 2.41. The van der Waals surface area contributed by atoms with Gasteiger partial charge >= 0.3 is 0 Å². The maximum absolute atomic E-state index is 9.37. The molecular weight excluding hydrogens is 214 g/mol. The first-order valence-corrected chi connectivity index (χ1v) is 5.84. The average Bonchev–Trinajstić information content (AvgIpc) is 2.63. The smallest absolute Gasteiger partial charge is 0.114 e. The Bertz CT molecular complexity index is 545. The van der Waals surface area contributed by atoms with Crippen LogP contribution in [0.5, 0.6) is 0 Å². The van der Waals surface area contributed by atoms with Gasteiger partial charge in [0.05, 0.1) is 12.6 Å². The van der Waals surface area contributed by atoms with E-state index in [-0.39, 0.29) is 12.6 Å². The van der Waals surface area contributed by atoms with Gasteiger partial charge in [-0.15, -0.1) is 0 Å². The molecule has 3 rings (SSSR count). The fraction of sp³-hybridized carbons (Fsp3) is 0.286. The van der Waals surface area contributed by atoms with E-state index < -0.39 is 0 Å². The number of aliphatic hydroxyl groups is 1. The lowest BCUT2D eigenvalue weighted by Gasteiger charge is -2.15. The highest BCUT2D eigenvalue weighted by Crippen LogP contribution is 2.36. The van der Waals surface area contributed by atoms with Gasteiger partial charge in [-0.2, -0.15) is 0 Å². The van der Waals surface area contributed by atoms with E-state index in [0.717, 1.165) is 28.3 Å². The molecule has 1 aliphatic rings. The van der Waals surface area contributed by atoms with Crippen LogP contribution in [0.4, 0.5) is 5.69 Å². The van der Waals surface area contributed by atoms with E-state index in [0.29, 0.717) is 6.42 Å². The van der Waals surface area contributed by atoms with Crippen LogP contribution >= 0.6 is 0 Å². The van der Waals surface area contributed by atoms with Crippen molar-refractivity contribution in [1.29, 1.82) is 0 Å². The Hall–Kier alpha value is -1.74. The van der Waals surface area contributed by atoms with Crippen LogP contribution in [0.3, 0.4) is 0 Å². The fourth-order valence-corrected chi connectivity index (χ4v) is 2.39. The second-order valence-corrected chi connectivity index (χ2v) is 4.47. The molecular formula is C14H15NO2. The normalized spacial score (nSPS) is 17.9. The van der Waals surface area contributed by atoms with E-state index in [1.165, 1.54) is 0 Å². The molecule has 1 aromatic heterocycles. The van der Waals surface area contributed by atoms with Gasteiger partial charge in [-0.1, -0.05) is 18.2 Å². The molecule has 1 unspecified atom stereocenters. The van der Waals surface area contributed by atoms with E-state index in [9.17, 15) is 5.11 Å². The Balaban J connectivity index is 2.20. The van der Waals surface area contributed by atoms with Gasteiger partial charge in [0, 0.05) is 23.2 Å². The molecule has 88 valence electrons. The summed E-state index contributed by atoms with van der Waals surface area (Å²) in [4.78, 5) is 0. The summed E-state index contributed by atoms with van der Waals surface area (Å²) in [6.45, 7) is 2.06. The topological polar surface area (TPSA) is 45.4 Å². The number of aryl methyl sites for hydroxylation is 1. The second-order valence-electron chi connectivity index (χ2n) is 4.47. The number of nitrogens with one attached hydrogen (secondary N) is 1. The molecule has 17 heavy (non-hydrogen) atoms. The summed E-state index contributed by atoms with van der Waals surface area (Å²) in [6.07, 6.45) is 0.717. The van der Waals surface area contributed by atoms with Crippen LogP contribution in [0.1, 0.15) is 11.5 Å². The monoisotopic (exact) mass is 229 g/mol. The molecule has 0 spiro atoms. The quantitative estimate of drug-likeness (QED) is 0.790. The van der Waals surface area contributed by atoms with Crippen LogP contribution in [0.25, 0.3) is 11.1 Å².